The number of hydrogen-bond donors (Lipinski definition) is 1. The molecule has 74 valence electrons. The van der Waals surface area contributed by atoms with Crippen LogP contribution in [0.15, 0.2) is 22.2 Å². The summed E-state index contributed by atoms with van der Waals surface area (Å²) in [5.41, 5.74) is 3.00. The van der Waals surface area contributed by atoms with Crippen LogP contribution in [-0.4, -0.2) is 13.1 Å². The molecule has 1 nitrogen and oxygen atoms in total. The van der Waals surface area contributed by atoms with E-state index in [1.807, 2.05) is 19.1 Å². The van der Waals surface area contributed by atoms with Gasteiger partial charge in [0.15, 0.2) is 0 Å². The molecular weight excluding hydrogens is 245 g/mol. The van der Waals surface area contributed by atoms with Crippen LogP contribution in [-0.2, 0) is 0 Å². The molecule has 0 bridgehead atoms. The average molecular weight is 256 g/mol. The van der Waals surface area contributed by atoms with Crippen LogP contribution in [0.4, 0.5) is 4.39 Å². The molecule has 0 amide bonds. The van der Waals surface area contributed by atoms with E-state index in [-0.39, 0.29) is 5.82 Å². The van der Waals surface area contributed by atoms with Crippen molar-refractivity contribution in [1.29, 1.82) is 0 Å². The van der Waals surface area contributed by atoms with Crippen LogP contribution in [0.1, 0.15) is 11.1 Å². The van der Waals surface area contributed by atoms with Gasteiger partial charge in [0.05, 0.1) is 0 Å². The highest BCUT2D eigenvalue weighted by Crippen LogP contribution is 2.22. The molecule has 1 aliphatic rings. The van der Waals surface area contributed by atoms with Crippen molar-refractivity contribution in [2.24, 2.45) is 0 Å². The summed E-state index contributed by atoms with van der Waals surface area (Å²) in [5.74, 6) is -0.165. The molecule has 0 atom stereocenters. The van der Waals surface area contributed by atoms with Crippen LogP contribution in [0.2, 0.25) is 0 Å². The van der Waals surface area contributed by atoms with E-state index in [4.69, 9.17) is 0 Å². The van der Waals surface area contributed by atoms with Crippen LogP contribution < -0.4 is 5.32 Å². The first-order valence-corrected chi connectivity index (χ1v) is 5.32. The van der Waals surface area contributed by atoms with Gasteiger partial charge in [-0.3, -0.25) is 0 Å². The fraction of sp³-hybridized carbons (Fsp3) is 0.273. The monoisotopic (exact) mass is 255 g/mol. The summed E-state index contributed by atoms with van der Waals surface area (Å²) < 4.78 is 14.3. The summed E-state index contributed by atoms with van der Waals surface area (Å²) in [5, 5.41) is 3.13. The minimum Gasteiger partial charge on any atom is -0.309 e. The Balaban J connectivity index is 2.37. The van der Waals surface area contributed by atoms with Crippen molar-refractivity contribution >= 4 is 22.0 Å². The van der Waals surface area contributed by atoms with Gasteiger partial charge in [0.1, 0.15) is 5.82 Å². The van der Waals surface area contributed by atoms with Crippen molar-refractivity contribution in [3.63, 3.8) is 0 Å². The van der Waals surface area contributed by atoms with Crippen LogP contribution in [0.3, 0.4) is 0 Å². The van der Waals surface area contributed by atoms with Gasteiger partial charge in [0, 0.05) is 23.1 Å². The van der Waals surface area contributed by atoms with E-state index in [1.54, 1.807) is 0 Å². The average Bonchev–Trinajstić information content (AvgIpc) is 2.06. The van der Waals surface area contributed by atoms with Gasteiger partial charge in [-0.2, -0.15) is 0 Å². The zero-order chi connectivity index (χ0) is 10.1. The number of aryl methyl sites for hydroxylation is 1. The molecule has 1 aliphatic heterocycles. The Kier molecular flexibility index (Phi) is 2.70. The van der Waals surface area contributed by atoms with Gasteiger partial charge in [-0.15, -0.1) is 0 Å². The fourth-order valence-corrected chi connectivity index (χ4v) is 1.70. The van der Waals surface area contributed by atoms with Crippen molar-refractivity contribution in [2.45, 2.75) is 6.92 Å². The minimum absolute atomic E-state index is 0.165. The Morgan fingerprint density at radius 2 is 2.14 bits per heavy atom. The molecule has 1 aromatic carbocycles. The molecule has 1 heterocycles. The number of rotatable bonds is 1. The van der Waals surface area contributed by atoms with Crippen LogP contribution in [0.5, 0.6) is 0 Å². The minimum atomic E-state index is -0.165. The zero-order valence-corrected chi connectivity index (χ0v) is 9.49. The molecule has 0 aromatic heterocycles. The Hall–Kier alpha value is -0.670. The lowest BCUT2D eigenvalue weighted by molar-refractivity contribution is 0.622. The molecule has 0 radical (unpaired) electrons. The second kappa shape index (κ2) is 3.83. The molecule has 1 saturated heterocycles. The highest BCUT2D eigenvalue weighted by Gasteiger charge is 2.09. The molecule has 0 aliphatic carbocycles. The van der Waals surface area contributed by atoms with Crippen LogP contribution >= 0.6 is 15.9 Å². The van der Waals surface area contributed by atoms with E-state index in [0.29, 0.717) is 5.56 Å². The fourth-order valence-electron chi connectivity index (χ4n) is 1.38. The number of hydrogen-bond acceptors (Lipinski definition) is 1. The first kappa shape index (κ1) is 9.87. The summed E-state index contributed by atoms with van der Waals surface area (Å²) in [6.45, 7) is 3.73. The van der Waals surface area contributed by atoms with E-state index >= 15 is 0 Å². The SMILES string of the molecule is Cc1cc(C=C2CNC2)c(F)cc1Br. The summed E-state index contributed by atoms with van der Waals surface area (Å²) in [6, 6.07) is 3.39. The van der Waals surface area contributed by atoms with E-state index in [1.165, 1.54) is 11.6 Å². The quantitative estimate of drug-likeness (QED) is 0.814. The highest BCUT2D eigenvalue weighted by molar-refractivity contribution is 9.10. The lowest BCUT2D eigenvalue weighted by Gasteiger charge is -2.18. The molecule has 1 N–H and O–H groups in total. The molecule has 1 fully saturated rings. The molecule has 2 rings (SSSR count). The largest absolute Gasteiger partial charge is 0.309 e. The highest BCUT2D eigenvalue weighted by atomic mass is 79.9. The number of nitrogens with one attached hydrogen (secondary N) is 1. The van der Waals surface area contributed by atoms with E-state index in [2.05, 4.69) is 21.2 Å². The maximum Gasteiger partial charge on any atom is 0.131 e. The van der Waals surface area contributed by atoms with Crippen molar-refractivity contribution < 1.29 is 4.39 Å². The van der Waals surface area contributed by atoms with E-state index < -0.39 is 0 Å². The maximum atomic E-state index is 13.5. The van der Waals surface area contributed by atoms with Crippen LogP contribution in [0, 0.1) is 12.7 Å². The second-order valence-electron chi connectivity index (χ2n) is 3.53. The maximum absolute atomic E-state index is 13.5. The molecule has 0 saturated carbocycles. The predicted octanol–water partition coefficient (Wildman–Crippen LogP) is 2.88. The van der Waals surface area contributed by atoms with Gasteiger partial charge in [0.25, 0.3) is 0 Å². The third kappa shape index (κ3) is 1.88. The summed E-state index contributed by atoms with van der Waals surface area (Å²) >= 11 is 3.30. The first-order chi connectivity index (χ1) is 6.66. The Morgan fingerprint density at radius 3 is 2.71 bits per heavy atom. The van der Waals surface area contributed by atoms with E-state index in [9.17, 15) is 4.39 Å². The third-order valence-electron chi connectivity index (χ3n) is 2.34. The van der Waals surface area contributed by atoms with Gasteiger partial charge in [-0.05, 0) is 30.2 Å². The number of benzene rings is 1. The molecule has 0 unspecified atom stereocenters. The van der Waals surface area contributed by atoms with Gasteiger partial charge >= 0.3 is 0 Å². The second-order valence-corrected chi connectivity index (χ2v) is 4.38. The van der Waals surface area contributed by atoms with Gasteiger partial charge in [-0.25, -0.2) is 4.39 Å². The third-order valence-corrected chi connectivity index (χ3v) is 3.20. The van der Waals surface area contributed by atoms with Crippen LogP contribution in [0.25, 0.3) is 6.08 Å². The van der Waals surface area contributed by atoms with E-state index in [0.717, 1.165) is 23.1 Å². The van der Waals surface area contributed by atoms with Crippen molar-refractivity contribution in [1.82, 2.24) is 5.32 Å². The molecule has 14 heavy (non-hydrogen) atoms. The smallest absolute Gasteiger partial charge is 0.131 e. The molecular formula is C11H11BrFN. The van der Waals surface area contributed by atoms with Crippen molar-refractivity contribution in [3.8, 4) is 0 Å². The Labute approximate surface area is 91.1 Å². The zero-order valence-electron chi connectivity index (χ0n) is 7.90. The molecule has 1 aromatic rings. The summed E-state index contributed by atoms with van der Waals surface area (Å²) in [6.07, 6.45) is 1.92. The normalized spacial score (nSPS) is 15.2. The lowest BCUT2D eigenvalue weighted by atomic mass is 10.0. The standard InChI is InChI=1S/C11H11BrFN/c1-7-2-9(3-8-5-14-6-8)11(13)4-10(7)12/h2-4,14H,5-6H2,1H3. The van der Waals surface area contributed by atoms with Gasteiger partial charge < -0.3 is 5.32 Å². The molecule has 0 spiro atoms. The summed E-state index contributed by atoms with van der Waals surface area (Å²) in [7, 11) is 0. The lowest BCUT2D eigenvalue weighted by Crippen LogP contribution is -2.33. The van der Waals surface area contributed by atoms with Gasteiger partial charge in [-0.1, -0.05) is 22.0 Å². The Morgan fingerprint density at radius 1 is 1.43 bits per heavy atom. The topological polar surface area (TPSA) is 12.0 Å². The number of halogens is 2. The summed E-state index contributed by atoms with van der Waals surface area (Å²) in [4.78, 5) is 0. The predicted molar refractivity (Wildman–Crippen MR) is 59.7 cm³/mol. The molecule has 3 heteroatoms. The first-order valence-electron chi connectivity index (χ1n) is 4.52. The van der Waals surface area contributed by atoms with Crippen molar-refractivity contribution in [2.75, 3.05) is 13.1 Å². The van der Waals surface area contributed by atoms with Gasteiger partial charge in [0.2, 0.25) is 0 Å². The van der Waals surface area contributed by atoms with Crippen molar-refractivity contribution in [3.05, 3.63) is 39.1 Å². The Bertz CT molecular complexity index is 393.